The molecular formula is C17H22N2O5. The highest BCUT2D eigenvalue weighted by Crippen LogP contribution is 2.30. The third-order valence-electron chi connectivity index (χ3n) is 5.07. The van der Waals surface area contributed by atoms with E-state index in [9.17, 15) is 19.5 Å². The Hall–Kier alpha value is -2.15. The van der Waals surface area contributed by atoms with E-state index in [1.165, 1.54) is 0 Å². The molecule has 7 heteroatoms. The third-order valence-corrected chi connectivity index (χ3v) is 5.07. The fraction of sp³-hybridized carbons (Fsp3) is 0.588. The molecule has 0 radical (unpaired) electrons. The van der Waals surface area contributed by atoms with Gasteiger partial charge in [-0.25, -0.2) is 0 Å². The topological polar surface area (TPSA) is 108 Å². The average Bonchev–Trinajstić information content (AvgIpc) is 2.59. The van der Waals surface area contributed by atoms with Crippen molar-refractivity contribution in [2.45, 2.75) is 38.5 Å². The number of carboxylic acid groups (broad SMARTS) is 1. The van der Waals surface area contributed by atoms with Gasteiger partial charge in [-0.2, -0.15) is 0 Å². The summed E-state index contributed by atoms with van der Waals surface area (Å²) in [6.07, 6.45) is 4.46. The predicted molar refractivity (Wildman–Crippen MR) is 86.2 cm³/mol. The van der Waals surface area contributed by atoms with E-state index in [1.54, 1.807) is 6.07 Å². The van der Waals surface area contributed by atoms with E-state index < -0.39 is 22.9 Å². The molecule has 0 saturated carbocycles. The van der Waals surface area contributed by atoms with Crippen molar-refractivity contribution in [3.05, 3.63) is 33.2 Å². The Morgan fingerprint density at radius 2 is 1.96 bits per heavy atom. The highest BCUT2D eigenvalue weighted by atomic mass is 16.5. The Bertz CT molecular complexity index is 703. The van der Waals surface area contributed by atoms with E-state index in [0.29, 0.717) is 26.1 Å². The number of carbonyl (C=O) groups is 2. The van der Waals surface area contributed by atoms with E-state index in [1.807, 2.05) is 0 Å². The minimum atomic E-state index is -1.02. The fourth-order valence-corrected chi connectivity index (χ4v) is 3.42. The van der Waals surface area contributed by atoms with Gasteiger partial charge >= 0.3 is 5.97 Å². The first-order valence-electron chi connectivity index (χ1n) is 8.36. The molecular weight excluding hydrogens is 312 g/mol. The van der Waals surface area contributed by atoms with Crippen LogP contribution in [0.5, 0.6) is 0 Å². The van der Waals surface area contributed by atoms with Crippen LogP contribution in [0.1, 0.15) is 47.3 Å². The van der Waals surface area contributed by atoms with E-state index in [4.69, 9.17) is 4.74 Å². The zero-order valence-electron chi connectivity index (χ0n) is 13.5. The van der Waals surface area contributed by atoms with Crippen LogP contribution >= 0.6 is 0 Å². The van der Waals surface area contributed by atoms with Gasteiger partial charge in [-0.15, -0.1) is 0 Å². The summed E-state index contributed by atoms with van der Waals surface area (Å²) in [6.45, 7) is 0.726. The summed E-state index contributed by atoms with van der Waals surface area (Å²) in [6, 6.07) is 1.65. The van der Waals surface area contributed by atoms with Crippen molar-refractivity contribution in [2.75, 3.05) is 19.8 Å². The molecule has 0 spiro atoms. The summed E-state index contributed by atoms with van der Waals surface area (Å²) < 4.78 is 5.22. The summed E-state index contributed by atoms with van der Waals surface area (Å²) in [5.74, 6) is -1.46. The molecule has 0 bridgehead atoms. The molecule has 0 atom stereocenters. The van der Waals surface area contributed by atoms with Crippen LogP contribution in [0.25, 0.3) is 0 Å². The van der Waals surface area contributed by atoms with Gasteiger partial charge in [0.15, 0.2) is 0 Å². The molecule has 0 aromatic carbocycles. The van der Waals surface area contributed by atoms with Crippen molar-refractivity contribution in [1.82, 2.24) is 10.3 Å². The first kappa shape index (κ1) is 16.7. The molecule has 1 saturated heterocycles. The number of aromatic amines is 1. The van der Waals surface area contributed by atoms with Crippen LogP contribution in [0.2, 0.25) is 0 Å². The first-order chi connectivity index (χ1) is 11.5. The number of carbonyl (C=O) groups excluding carboxylic acids is 1. The Kier molecular flexibility index (Phi) is 4.71. The Balaban J connectivity index is 1.75. The summed E-state index contributed by atoms with van der Waals surface area (Å²) in [5, 5.41) is 12.2. The van der Waals surface area contributed by atoms with Crippen molar-refractivity contribution >= 4 is 11.9 Å². The number of carboxylic acids is 1. The number of hydrogen-bond donors (Lipinski definition) is 3. The largest absolute Gasteiger partial charge is 0.481 e. The van der Waals surface area contributed by atoms with Gasteiger partial charge in [-0.1, -0.05) is 0 Å². The lowest BCUT2D eigenvalue weighted by Gasteiger charge is -2.33. The number of fused-ring (bicyclic) bond motifs is 1. The monoisotopic (exact) mass is 334 g/mol. The molecule has 2 heterocycles. The number of aliphatic carboxylic acids is 1. The van der Waals surface area contributed by atoms with Crippen molar-refractivity contribution in [3.8, 4) is 0 Å². The number of aryl methyl sites for hydroxylation is 2. The summed E-state index contributed by atoms with van der Waals surface area (Å²) in [7, 11) is 0. The number of pyridine rings is 1. The summed E-state index contributed by atoms with van der Waals surface area (Å²) >= 11 is 0. The van der Waals surface area contributed by atoms with Gasteiger partial charge in [0.2, 0.25) is 0 Å². The molecule has 1 aliphatic heterocycles. The van der Waals surface area contributed by atoms with Gasteiger partial charge in [0, 0.05) is 25.5 Å². The Morgan fingerprint density at radius 1 is 1.25 bits per heavy atom. The second-order valence-corrected chi connectivity index (χ2v) is 6.60. The molecule has 1 amide bonds. The first-order valence-corrected chi connectivity index (χ1v) is 8.36. The predicted octanol–water partition coefficient (Wildman–Crippen LogP) is 0.865. The standard InChI is InChI=1S/C17H22N2O5/c20-14(18-10-17(16(22)23)5-7-24-8-6-17)12-9-11-3-1-2-4-13(11)19-15(12)21/h9H,1-8,10H2,(H,18,20)(H,19,21)(H,22,23). The minimum absolute atomic E-state index is 0.00104. The SMILES string of the molecule is O=C(NCC1(C(=O)O)CCOCC1)c1cc2c([nH]c1=O)CCCC2. The normalized spacial score (nSPS) is 19.3. The maximum atomic E-state index is 12.4. The molecule has 7 nitrogen and oxygen atoms in total. The Morgan fingerprint density at radius 3 is 2.67 bits per heavy atom. The number of amides is 1. The molecule has 24 heavy (non-hydrogen) atoms. The van der Waals surface area contributed by atoms with Crippen molar-refractivity contribution < 1.29 is 19.4 Å². The maximum Gasteiger partial charge on any atom is 0.311 e. The van der Waals surface area contributed by atoms with Crippen molar-refractivity contribution in [1.29, 1.82) is 0 Å². The van der Waals surface area contributed by atoms with Gasteiger partial charge in [-0.3, -0.25) is 14.4 Å². The van der Waals surface area contributed by atoms with Crippen LogP contribution in [0, 0.1) is 5.41 Å². The molecule has 1 aromatic rings. The number of nitrogens with one attached hydrogen (secondary N) is 2. The number of H-pyrrole nitrogens is 1. The van der Waals surface area contributed by atoms with Crippen LogP contribution in [0.15, 0.2) is 10.9 Å². The summed E-state index contributed by atoms with van der Waals surface area (Å²) in [5.41, 5.74) is 0.543. The molecule has 3 N–H and O–H groups in total. The molecule has 3 rings (SSSR count). The minimum Gasteiger partial charge on any atom is -0.481 e. The fourth-order valence-electron chi connectivity index (χ4n) is 3.42. The van der Waals surface area contributed by atoms with E-state index in [-0.39, 0.29) is 12.1 Å². The molecule has 1 fully saturated rings. The smallest absolute Gasteiger partial charge is 0.311 e. The Labute approximate surface area is 139 Å². The molecule has 2 aliphatic rings. The lowest BCUT2D eigenvalue weighted by molar-refractivity contribution is -0.154. The average molecular weight is 334 g/mol. The van der Waals surface area contributed by atoms with Crippen LogP contribution < -0.4 is 10.9 Å². The second kappa shape index (κ2) is 6.76. The zero-order valence-corrected chi connectivity index (χ0v) is 13.5. The highest BCUT2D eigenvalue weighted by molar-refractivity contribution is 5.94. The van der Waals surface area contributed by atoms with Crippen LogP contribution in [-0.2, 0) is 22.4 Å². The van der Waals surface area contributed by atoms with Gasteiger partial charge in [0.25, 0.3) is 11.5 Å². The molecule has 130 valence electrons. The molecule has 1 aromatic heterocycles. The van der Waals surface area contributed by atoms with Crippen molar-refractivity contribution in [3.63, 3.8) is 0 Å². The third kappa shape index (κ3) is 3.21. The van der Waals surface area contributed by atoms with Crippen LogP contribution in [0.4, 0.5) is 0 Å². The summed E-state index contributed by atoms with van der Waals surface area (Å²) in [4.78, 5) is 39.0. The zero-order chi connectivity index (χ0) is 17.2. The number of ether oxygens (including phenoxy) is 1. The van der Waals surface area contributed by atoms with E-state index in [2.05, 4.69) is 10.3 Å². The van der Waals surface area contributed by atoms with Gasteiger partial charge in [0.1, 0.15) is 5.56 Å². The van der Waals surface area contributed by atoms with E-state index in [0.717, 1.165) is 36.9 Å². The maximum absolute atomic E-state index is 12.4. The number of aromatic nitrogens is 1. The molecule has 0 unspecified atom stereocenters. The van der Waals surface area contributed by atoms with Gasteiger partial charge < -0.3 is 20.1 Å². The number of rotatable bonds is 4. The lowest BCUT2D eigenvalue weighted by Crippen LogP contribution is -2.47. The quantitative estimate of drug-likeness (QED) is 0.757. The lowest BCUT2D eigenvalue weighted by atomic mass is 9.80. The van der Waals surface area contributed by atoms with Gasteiger partial charge in [-0.05, 0) is 50.2 Å². The second-order valence-electron chi connectivity index (χ2n) is 6.60. The number of hydrogen-bond acceptors (Lipinski definition) is 4. The molecule has 1 aliphatic carbocycles. The van der Waals surface area contributed by atoms with Crippen LogP contribution in [0.3, 0.4) is 0 Å². The van der Waals surface area contributed by atoms with E-state index >= 15 is 0 Å². The van der Waals surface area contributed by atoms with Gasteiger partial charge in [0.05, 0.1) is 5.41 Å². The van der Waals surface area contributed by atoms with Crippen molar-refractivity contribution in [2.24, 2.45) is 5.41 Å². The van der Waals surface area contributed by atoms with Crippen LogP contribution in [-0.4, -0.2) is 41.7 Å². The highest BCUT2D eigenvalue weighted by Gasteiger charge is 2.40.